The summed E-state index contributed by atoms with van der Waals surface area (Å²) in [6.45, 7) is 6.49. The summed E-state index contributed by atoms with van der Waals surface area (Å²) >= 11 is 0. The van der Waals surface area contributed by atoms with Crippen molar-refractivity contribution in [3.8, 4) is 0 Å². The number of methoxy groups -OCH3 is 1. The van der Waals surface area contributed by atoms with Gasteiger partial charge in [0, 0.05) is 25.8 Å². The van der Waals surface area contributed by atoms with Crippen LogP contribution in [0, 0.1) is 13.8 Å². The van der Waals surface area contributed by atoms with Gasteiger partial charge < -0.3 is 19.0 Å². The first kappa shape index (κ1) is 20.5. The lowest BCUT2D eigenvalue weighted by atomic mass is 9.84. The quantitative estimate of drug-likeness (QED) is 0.633. The van der Waals surface area contributed by atoms with Crippen molar-refractivity contribution in [3.63, 3.8) is 0 Å². The van der Waals surface area contributed by atoms with Crippen molar-refractivity contribution in [1.82, 2.24) is 4.90 Å². The molecule has 0 saturated carbocycles. The van der Waals surface area contributed by atoms with Crippen molar-refractivity contribution in [2.24, 2.45) is 0 Å². The summed E-state index contributed by atoms with van der Waals surface area (Å²) in [5.41, 5.74) is 1.74. The molecule has 32 heavy (non-hydrogen) atoms. The van der Waals surface area contributed by atoms with Gasteiger partial charge >= 0.3 is 0 Å². The molecule has 2 aliphatic rings. The molecule has 1 aromatic heterocycles. The Morgan fingerprint density at radius 1 is 1.06 bits per heavy atom. The Kier molecular flexibility index (Phi) is 4.49. The molecule has 2 aromatic carbocycles. The summed E-state index contributed by atoms with van der Waals surface area (Å²) in [5, 5.41) is 0.368. The molecule has 7 nitrogen and oxygen atoms in total. The minimum Gasteiger partial charge on any atom is -0.450 e. The van der Waals surface area contributed by atoms with Crippen molar-refractivity contribution in [2.75, 3.05) is 31.7 Å². The van der Waals surface area contributed by atoms with E-state index in [1.54, 1.807) is 17.0 Å². The second-order valence-electron chi connectivity index (χ2n) is 8.29. The first-order valence-electron chi connectivity index (χ1n) is 10.7. The van der Waals surface area contributed by atoms with Gasteiger partial charge in [0.2, 0.25) is 5.76 Å². The number of anilines is 1. The van der Waals surface area contributed by atoms with Crippen LogP contribution < -0.4 is 10.3 Å². The average Bonchev–Trinajstić information content (AvgIpc) is 3.18. The molecule has 3 heterocycles. The lowest BCUT2D eigenvalue weighted by Gasteiger charge is -2.34. The lowest BCUT2D eigenvalue weighted by molar-refractivity contribution is -0.126. The highest BCUT2D eigenvalue weighted by Gasteiger charge is 2.64. The smallest absolute Gasteiger partial charge is 0.291 e. The number of carbonyl (C=O) groups excluding carboxylic acids is 2. The van der Waals surface area contributed by atoms with Gasteiger partial charge in [0.15, 0.2) is 11.0 Å². The Bertz CT molecular complexity index is 1360. The van der Waals surface area contributed by atoms with Crippen LogP contribution in [0.5, 0.6) is 0 Å². The first-order valence-corrected chi connectivity index (χ1v) is 10.7. The summed E-state index contributed by atoms with van der Waals surface area (Å²) in [6, 6.07) is 10.9. The molecule has 0 aliphatic carbocycles. The van der Waals surface area contributed by atoms with Crippen LogP contribution in [-0.2, 0) is 15.1 Å². The normalized spacial score (nSPS) is 19.4. The molecule has 1 spiro atoms. The number of carbonyl (C=O) groups is 2. The third kappa shape index (κ3) is 2.37. The zero-order valence-electron chi connectivity index (χ0n) is 18.5. The number of likely N-dealkylation sites (N-methyl/N-ethyl adjacent to an activating group) is 1. The zero-order valence-corrected chi connectivity index (χ0v) is 18.5. The van der Waals surface area contributed by atoms with E-state index in [1.165, 1.54) is 12.0 Å². The number of aryl methyl sites for hydroxylation is 2. The van der Waals surface area contributed by atoms with Crippen molar-refractivity contribution in [1.29, 1.82) is 0 Å². The Labute approximate surface area is 185 Å². The van der Waals surface area contributed by atoms with E-state index in [0.29, 0.717) is 28.8 Å². The van der Waals surface area contributed by atoms with Crippen LogP contribution in [0.3, 0.4) is 0 Å². The molecule has 1 atom stereocenters. The van der Waals surface area contributed by atoms with E-state index in [-0.39, 0.29) is 35.8 Å². The van der Waals surface area contributed by atoms with Gasteiger partial charge in [0.25, 0.3) is 11.8 Å². The maximum Gasteiger partial charge on any atom is 0.291 e. The van der Waals surface area contributed by atoms with Gasteiger partial charge in [-0.1, -0.05) is 18.2 Å². The van der Waals surface area contributed by atoms with E-state index in [1.807, 2.05) is 45.0 Å². The Morgan fingerprint density at radius 2 is 1.78 bits per heavy atom. The van der Waals surface area contributed by atoms with Crippen LogP contribution in [0.2, 0.25) is 0 Å². The summed E-state index contributed by atoms with van der Waals surface area (Å²) in [7, 11) is 1.53. The van der Waals surface area contributed by atoms with Crippen molar-refractivity contribution in [2.45, 2.75) is 26.3 Å². The number of hydrogen-bond acceptors (Lipinski definition) is 5. The number of para-hydroxylation sites is 1. The highest BCUT2D eigenvalue weighted by molar-refractivity contribution is 6.17. The first-order chi connectivity index (χ1) is 15.4. The van der Waals surface area contributed by atoms with E-state index in [0.717, 1.165) is 11.1 Å². The average molecular weight is 432 g/mol. The molecule has 3 aromatic rings. The number of benzene rings is 2. The number of ether oxygens (including phenoxy) is 1. The second-order valence-corrected chi connectivity index (χ2v) is 8.29. The van der Waals surface area contributed by atoms with Gasteiger partial charge in [-0.3, -0.25) is 14.4 Å². The number of nitrogens with zero attached hydrogens (tertiary/aromatic N) is 2. The molecule has 0 unspecified atom stereocenters. The van der Waals surface area contributed by atoms with Gasteiger partial charge in [0.05, 0.1) is 23.2 Å². The molecule has 2 aliphatic heterocycles. The molecule has 0 fully saturated rings. The van der Waals surface area contributed by atoms with E-state index in [9.17, 15) is 14.4 Å². The highest BCUT2D eigenvalue weighted by Crippen LogP contribution is 2.52. The predicted octanol–water partition coefficient (Wildman–Crippen LogP) is 3.12. The molecule has 0 N–H and O–H groups in total. The minimum atomic E-state index is -1.56. The molecule has 7 heteroatoms. The van der Waals surface area contributed by atoms with Crippen LogP contribution in [0.25, 0.3) is 11.0 Å². The van der Waals surface area contributed by atoms with Crippen LogP contribution >= 0.6 is 0 Å². The molecule has 2 amide bonds. The van der Waals surface area contributed by atoms with Crippen molar-refractivity contribution < 1.29 is 18.7 Å². The summed E-state index contributed by atoms with van der Waals surface area (Å²) < 4.78 is 11.3. The molecule has 5 rings (SSSR count). The Morgan fingerprint density at radius 3 is 2.50 bits per heavy atom. The fourth-order valence-corrected chi connectivity index (χ4v) is 5.04. The van der Waals surface area contributed by atoms with Gasteiger partial charge in [-0.15, -0.1) is 0 Å². The van der Waals surface area contributed by atoms with Crippen LogP contribution in [-0.4, -0.2) is 43.5 Å². The Balaban J connectivity index is 1.92. The summed E-state index contributed by atoms with van der Waals surface area (Å²) in [6.07, 6.45) is 0. The van der Waals surface area contributed by atoms with Crippen molar-refractivity contribution in [3.05, 3.63) is 74.6 Å². The SMILES string of the molecule is CCN1C(=O)[C@@]2(c3ccccc31)c1c(oc3cc(C)c(C)cc3c1=O)C(=O)N2CCOC. The fraction of sp³-hybridized carbons (Fsp3) is 0.320. The molecule has 164 valence electrons. The molecular formula is C25H24N2O5. The maximum absolute atomic E-state index is 14.0. The standard InChI is InChI=1S/C25H24N2O5/c1-5-26-18-9-7-6-8-17(18)25(24(26)30)20-21(28)16-12-14(2)15(3)13-19(16)32-22(20)23(29)27(25)10-11-31-4/h6-9,12-13H,5,10-11H2,1-4H3/t25-/m1/s1. The van der Waals surface area contributed by atoms with E-state index < -0.39 is 11.4 Å². The van der Waals surface area contributed by atoms with E-state index in [4.69, 9.17) is 9.15 Å². The molecule has 0 saturated heterocycles. The number of fused-ring (bicyclic) bond motifs is 5. The summed E-state index contributed by atoms with van der Waals surface area (Å²) in [5.74, 6) is -0.863. The number of rotatable bonds is 4. The number of amides is 2. The largest absolute Gasteiger partial charge is 0.450 e. The second kappa shape index (κ2) is 7.03. The predicted molar refractivity (Wildman–Crippen MR) is 120 cm³/mol. The molecular weight excluding hydrogens is 408 g/mol. The van der Waals surface area contributed by atoms with Gasteiger partial charge in [-0.05, 0) is 50.1 Å². The lowest BCUT2D eigenvalue weighted by Crippen LogP contribution is -2.54. The van der Waals surface area contributed by atoms with Gasteiger partial charge in [-0.25, -0.2) is 0 Å². The number of hydrogen-bond donors (Lipinski definition) is 0. The van der Waals surface area contributed by atoms with E-state index >= 15 is 0 Å². The monoisotopic (exact) mass is 432 g/mol. The zero-order chi connectivity index (χ0) is 22.8. The van der Waals surface area contributed by atoms with Gasteiger partial charge in [-0.2, -0.15) is 0 Å². The van der Waals surface area contributed by atoms with Crippen LogP contribution in [0.1, 0.15) is 39.7 Å². The minimum absolute atomic E-state index is 0.0667. The third-order valence-corrected chi connectivity index (χ3v) is 6.69. The maximum atomic E-state index is 14.0. The summed E-state index contributed by atoms with van der Waals surface area (Å²) in [4.78, 5) is 44.6. The molecule has 0 radical (unpaired) electrons. The third-order valence-electron chi connectivity index (χ3n) is 6.69. The highest BCUT2D eigenvalue weighted by atomic mass is 16.5. The Hall–Kier alpha value is -3.45. The van der Waals surface area contributed by atoms with Crippen LogP contribution in [0.15, 0.2) is 45.6 Å². The molecule has 0 bridgehead atoms. The van der Waals surface area contributed by atoms with Crippen LogP contribution in [0.4, 0.5) is 5.69 Å². The topological polar surface area (TPSA) is 80.1 Å². The van der Waals surface area contributed by atoms with Crippen molar-refractivity contribution >= 4 is 28.5 Å². The van der Waals surface area contributed by atoms with E-state index in [2.05, 4.69) is 0 Å². The fourth-order valence-electron chi connectivity index (χ4n) is 5.04. The van der Waals surface area contributed by atoms with Gasteiger partial charge in [0.1, 0.15) is 5.58 Å².